The summed E-state index contributed by atoms with van der Waals surface area (Å²) in [5.74, 6) is -0.0573. The summed E-state index contributed by atoms with van der Waals surface area (Å²) in [7, 11) is 0. The molecule has 2 aliphatic heterocycles. The Kier molecular flexibility index (Phi) is 11.7. The van der Waals surface area contributed by atoms with Crippen molar-refractivity contribution < 1.29 is 19.1 Å². The van der Waals surface area contributed by atoms with E-state index in [0.29, 0.717) is 13.0 Å². The predicted octanol–water partition coefficient (Wildman–Crippen LogP) is 4.93. The van der Waals surface area contributed by atoms with Gasteiger partial charge in [0.25, 0.3) is 0 Å². The minimum absolute atomic E-state index is 0.00299. The Morgan fingerprint density at radius 1 is 0.778 bits per heavy atom. The van der Waals surface area contributed by atoms with E-state index in [-0.39, 0.29) is 23.7 Å². The zero-order valence-corrected chi connectivity index (χ0v) is 26.0. The average molecular weight is 612 g/mol. The van der Waals surface area contributed by atoms with E-state index in [0.717, 1.165) is 93.9 Å². The molecular formula is C36H45N5O4. The summed E-state index contributed by atoms with van der Waals surface area (Å²) < 4.78 is 5.76. The highest BCUT2D eigenvalue weighted by molar-refractivity contribution is 5.96. The lowest BCUT2D eigenvalue weighted by Crippen LogP contribution is -2.41. The van der Waals surface area contributed by atoms with Crippen molar-refractivity contribution in [3.63, 3.8) is 0 Å². The number of rotatable bonds is 13. The molecule has 238 valence electrons. The van der Waals surface area contributed by atoms with Crippen molar-refractivity contribution in [2.75, 3.05) is 51.1 Å². The van der Waals surface area contributed by atoms with Gasteiger partial charge >= 0.3 is 6.09 Å². The molecule has 0 bridgehead atoms. The number of likely N-dealkylation sites (tertiary alicyclic amines) is 2. The molecule has 9 nitrogen and oxygen atoms in total. The van der Waals surface area contributed by atoms with Crippen LogP contribution in [0.1, 0.15) is 48.0 Å². The van der Waals surface area contributed by atoms with Crippen molar-refractivity contribution in [1.29, 1.82) is 0 Å². The molecule has 5 rings (SSSR count). The number of Topliss-reactive ketones (excluding diaryl/α,β-unsaturated/α-hetero) is 1. The van der Waals surface area contributed by atoms with E-state index in [1.54, 1.807) is 0 Å². The molecule has 3 aromatic carbocycles. The summed E-state index contributed by atoms with van der Waals surface area (Å²) >= 11 is 0. The quantitative estimate of drug-likeness (QED) is 0.185. The van der Waals surface area contributed by atoms with E-state index in [4.69, 9.17) is 10.5 Å². The average Bonchev–Trinajstić information content (AvgIpc) is 3.06. The van der Waals surface area contributed by atoms with Crippen LogP contribution < -0.4 is 16.4 Å². The highest BCUT2D eigenvalue weighted by atomic mass is 16.6. The van der Waals surface area contributed by atoms with Crippen molar-refractivity contribution in [1.82, 2.24) is 15.1 Å². The van der Waals surface area contributed by atoms with Gasteiger partial charge in [-0.25, -0.2) is 4.79 Å². The minimum Gasteiger partial charge on any atom is -0.446 e. The van der Waals surface area contributed by atoms with Crippen LogP contribution in [0.5, 0.6) is 0 Å². The number of carbonyl (C=O) groups excluding carboxylic acids is 3. The lowest BCUT2D eigenvalue weighted by molar-refractivity contribution is -0.123. The molecule has 9 heteroatoms. The van der Waals surface area contributed by atoms with E-state index in [1.165, 1.54) is 5.56 Å². The topological polar surface area (TPSA) is 117 Å². The molecule has 2 fully saturated rings. The Hall–Kier alpha value is -4.05. The predicted molar refractivity (Wildman–Crippen MR) is 177 cm³/mol. The van der Waals surface area contributed by atoms with Crippen LogP contribution in [0.25, 0.3) is 11.1 Å². The number of anilines is 1. The molecule has 45 heavy (non-hydrogen) atoms. The molecule has 4 N–H and O–H groups in total. The zero-order valence-electron chi connectivity index (χ0n) is 26.0. The first-order chi connectivity index (χ1) is 21.9. The molecule has 2 saturated heterocycles. The molecule has 2 amide bonds. The number of primary amides is 1. The Labute approximate surface area is 266 Å². The fraction of sp³-hybridized carbons (Fsp3) is 0.417. The van der Waals surface area contributed by atoms with Crippen LogP contribution in [0.2, 0.25) is 0 Å². The minimum atomic E-state index is -0.417. The van der Waals surface area contributed by atoms with Gasteiger partial charge in [0.1, 0.15) is 6.10 Å². The van der Waals surface area contributed by atoms with Gasteiger partial charge in [0.2, 0.25) is 5.91 Å². The van der Waals surface area contributed by atoms with Gasteiger partial charge in [-0.05, 0) is 56.0 Å². The van der Waals surface area contributed by atoms with E-state index in [9.17, 15) is 14.4 Å². The third kappa shape index (κ3) is 9.72. The van der Waals surface area contributed by atoms with Crippen LogP contribution in [-0.4, -0.2) is 79.5 Å². The number of nitrogens with two attached hydrogens (primary N) is 1. The molecule has 0 unspecified atom stereocenters. The lowest BCUT2D eigenvalue weighted by Gasteiger charge is -2.31. The number of nitrogens with zero attached hydrogens (tertiary/aromatic N) is 2. The molecule has 0 radical (unpaired) electrons. The second-order valence-electron chi connectivity index (χ2n) is 12.1. The summed E-state index contributed by atoms with van der Waals surface area (Å²) in [6, 6.07) is 25.6. The molecule has 2 aliphatic rings. The van der Waals surface area contributed by atoms with Crippen LogP contribution in [-0.2, 0) is 16.1 Å². The smallest absolute Gasteiger partial charge is 0.411 e. The number of hydrogen-bond donors (Lipinski definition) is 3. The van der Waals surface area contributed by atoms with Gasteiger partial charge in [0.15, 0.2) is 5.78 Å². The number of benzene rings is 3. The lowest BCUT2D eigenvalue weighted by atomic mass is 9.96. The van der Waals surface area contributed by atoms with Gasteiger partial charge in [-0.15, -0.1) is 0 Å². The molecule has 2 heterocycles. The number of ether oxygens (including phenoxy) is 1. The molecule has 0 saturated carbocycles. The van der Waals surface area contributed by atoms with Crippen LogP contribution in [0.3, 0.4) is 0 Å². The Morgan fingerprint density at radius 3 is 2.16 bits per heavy atom. The monoisotopic (exact) mass is 611 g/mol. The molecule has 3 aromatic rings. The van der Waals surface area contributed by atoms with Gasteiger partial charge in [-0.2, -0.15) is 0 Å². The number of piperidine rings is 2. The number of nitrogens with one attached hydrogen (secondary N) is 2. The number of ketones is 1. The largest absolute Gasteiger partial charge is 0.446 e. The highest BCUT2D eigenvalue weighted by Gasteiger charge is 2.24. The first-order valence-electron chi connectivity index (χ1n) is 16.1. The summed E-state index contributed by atoms with van der Waals surface area (Å²) in [5, 5.41) is 6.34. The maximum Gasteiger partial charge on any atom is 0.411 e. The van der Waals surface area contributed by atoms with E-state index in [1.807, 2.05) is 78.9 Å². The standard InChI is InChI=1S/C36H45N5O4/c37-35(43)30-15-21-41(22-16-30)26-27-10-12-29(13-11-27)34(42)14-19-38-20-25-40-23-17-31(18-24-40)45-36(44)39-33-9-5-4-8-32(33)28-6-2-1-3-7-28/h1-13,30-31,38H,14-26H2,(H2,37,43)(H,39,44). The number of carbonyl (C=O) groups is 3. The second kappa shape index (κ2) is 16.3. The van der Waals surface area contributed by atoms with Crippen LogP contribution in [0.15, 0.2) is 78.9 Å². The summed E-state index contributed by atoms with van der Waals surface area (Å²) in [5.41, 5.74) is 10.1. The fourth-order valence-corrected chi connectivity index (χ4v) is 6.14. The van der Waals surface area contributed by atoms with E-state index in [2.05, 4.69) is 20.4 Å². The third-order valence-electron chi connectivity index (χ3n) is 8.86. The number of para-hydroxylation sites is 1. The van der Waals surface area contributed by atoms with Crippen LogP contribution in [0, 0.1) is 5.92 Å². The van der Waals surface area contributed by atoms with Crippen molar-refractivity contribution in [3.8, 4) is 11.1 Å². The van der Waals surface area contributed by atoms with Crippen LogP contribution in [0.4, 0.5) is 10.5 Å². The highest BCUT2D eigenvalue weighted by Crippen LogP contribution is 2.28. The molecular weight excluding hydrogens is 566 g/mol. The normalized spacial score (nSPS) is 16.7. The van der Waals surface area contributed by atoms with Gasteiger partial charge < -0.3 is 20.7 Å². The molecule has 0 atom stereocenters. The van der Waals surface area contributed by atoms with Crippen molar-refractivity contribution in [2.24, 2.45) is 11.7 Å². The first kappa shape index (κ1) is 32.3. The maximum atomic E-state index is 12.7. The fourth-order valence-electron chi connectivity index (χ4n) is 6.14. The van der Waals surface area contributed by atoms with Crippen molar-refractivity contribution in [3.05, 3.63) is 90.0 Å². The van der Waals surface area contributed by atoms with Gasteiger partial charge in [0.05, 0.1) is 5.69 Å². The number of hydrogen-bond acceptors (Lipinski definition) is 7. The van der Waals surface area contributed by atoms with E-state index < -0.39 is 6.09 Å². The summed E-state index contributed by atoms with van der Waals surface area (Å²) in [4.78, 5) is 41.4. The summed E-state index contributed by atoms with van der Waals surface area (Å²) in [6.07, 6.45) is 3.17. The Balaban J connectivity index is 0.938. The molecule has 0 aliphatic carbocycles. The Bertz CT molecular complexity index is 1400. The zero-order chi connectivity index (χ0) is 31.4. The second-order valence-corrected chi connectivity index (χ2v) is 12.1. The van der Waals surface area contributed by atoms with Gasteiger partial charge in [-0.3, -0.25) is 19.8 Å². The van der Waals surface area contributed by atoms with Crippen molar-refractivity contribution in [2.45, 2.75) is 44.8 Å². The van der Waals surface area contributed by atoms with E-state index >= 15 is 0 Å². The number of amides is 2. The summed E-state index contributed by atoms with van der Waals surface area (Å²) in [6.45, 7) is 6.63. The maximum absolute atomic E-state index is 12.7. The third-order valence-corrected chi connectivity index (χ3v) is 8.86. The Morgan fingerprint density at radius 2 is 1.44 bits per heavy atom. The van der Waals surface area contributed by atoms with Crippen LogP contribution >= 0.6 is 0 Å². The van der Waals surface area contributed by atoms with Gasteiger partial charge in [-0.1, -0.05) is 72.8 Å². The van der Waals surface area contributed by atoms with Gasteiger partial charge in [0, 0.05) is 62.7 Å². The molecule has 0 aromatic heterocycles. The van der Waals surface area contributed by atoms with Crippen molar-refractivity contribution >= 4 is 23.5 Å². The SMILES string of the molecule is NC(=O)C1CCN(Cc2ccc(C(=O)CCNCCN3CCC(OC(=O)Nc4ccccc4-c4ccccc4)CC3)cc2)CC1. The first-order valence-corrected chi connectivity index (χ1v) is 16.1. The molecule has 0 spiro atoms.